The molecule has 4 nitrogen and oxygen atoms in total. The Morgan fingerprint density at radius 3 is 2.39 bits per heavy atom. The summed E-state index contributed by atoms with van der Waals surface area (Å²) < 4.78 is 0. The third-order valence-electron chi connectivity index (χ3n) is 6.01. The molecule has 0 saturated carbocycles. The van der Waals surface area contributed by atoms with Crippen LogP contribution in [0.25, 0.3) is 0 Å². The second-order valence-corrected chi connectivity index (χ2v) is 8.37. The molecule has 0 aromatic carbocycles. The van der Waals surface area contributed by atoms with Crippen LogP contribution < -0.4 is 5.32 Å². The minimum atomic E-state index is 0.660. The highest BCUT2D eigenvalue weighted by Gasteiger charge is 2.29. The summed E-state index contributed by atoms with van der Waals surface area (Å²) in [6, 6.07) is 3.42. The summed E-state index contributed by atoms with van der Waals surface area (Å²) >= 11 is 0. The Morgan fingerprint density at radius 2 is 1.74 bits per heavy atom. The molecule has 2 fully saturated rings. The van der Waals surface area contributed by atoms with E-state index in [1.807, 2.05) is 0 Å². The first-order valence-corrected chi connectivity index (χ1v) is 9.82. The number of hydrogen-bond donors (Lipinski definition) is 1. The highest BCUT2D eigenvalue weighted by Crippen LogP contribution is 2.21. The molecule has 0 bridgehead atoms. The lowest BCUT2D eigenvalue weighted by Gasteiger charge is -2.32. The maximum atomic E-state index is 3.82. The number of hydrogen-bond acceptors (Lipinski definition) is 4. The molecule has 0 spiro atoms. The molecular weight excluding hydrogens is 284 g/mol. The summed E-state index contributed by atoms with van der Waals surface area (Å²) in [5, 5.41) is 3.82. The van der Waals surface area contributed by atoms with E-state index in [9.17, 15) is 0 Å². The second-order valence-electron chi connectivity index (χ2n) is 8.37. The zero-order valence-electron chi connectivity index (χ0n) is 16.4. The lowest BCUT2D eigenvalue weighted by molar-refractivity contribution is 0.157. The lowest BCUT2D eigenvalue weighted by Crippen LogP contribution is -2.43. The lowest BCUT2D eigenvalue weighted by atomic mass is 10.0. The Labute approximate surface area is 144 Å². The normalized spacial score (nSPS) is 33.1. The molecule has 1 N–H and O–H groups in total. The molecule has 2 aliphatic heterocycles. The van der Waals surface area contributed by atoms with Gasteiger partial charge in [0.2, 0.25) is 0 Å². The molecule has 1 unspecified atom stereocenters. The third-order valence-corrected chi connectivity index (χ3v) is 6.01. The minimum Gasteiger partial charge on any atom is -0.313 e. The maximum Gasteiger partial charge on any atom is 0.0197 e. The predicted molar refractivity (Wildman–Crippen MR) is 100 cm³/mol. The first-order valence-electron chi connectivity index (χ1n) is 9.82. The Kier molecular flexibility index (Phi) is 7.33. The van der Waals surface area contributed by atoms with Gasteiger partial charge < -0.3 is 10.2 Å². The first kappa shape index (κ1) is 19.2. The SMILES string of the molecule is CC(C)N1CCN[C@@H](CC2CCN(C(C)C)[C@@H](C)CN2C)CC1. The molecule has 2 aliphatic rings. The van der Waals surface area contributed by atoms with Gasteiger partial charge in [0, 0.05) is 56.4 Å². The zero-order valence-corrected chi connectivity index (χ0v) is 16.4. The van der Waals surface area contributed by atoms with Crippen molar-refractivity contribution in [2.75, 3.05) is 39.8 Å². The fourth-order valence-corrected chi connectivity index (χ4v) is 4.47. The van der Waals surface area contributed by atoms with E-state index in [0.29, 0.717) is 24.2 Å². The molecule has 0 amide bonds. The van der Waals surface area contributed by atoms with Gasteiger partial charge in [-0.2, -0.15) is 0 Å². The monoisotopic (exact) mass is 324 g/mol. The molecule has 0 aromatic rings. The van der Waals surface area contributed by atoms with E-state index in [0.717, 1.165) is 12.6 Å². The van der Waals surface area contributed by atoms with Gasteiger partial charge in [0.15, 0.2) is 0 Å². The Hall–Kier alpha value is -0.160. The number of nitrogens with one attached hydrogen (secondary N) is 1. The summed E-state index contributed by atoms with van der Waals surface area (Å²) in [6.45, 7) is 17.8. The van der Waals surface area contributed by atoms with E-state index in [1.54, 1.807) is 0 Å². The Morgan fingerprint density at radius 1 is 1.00 bits per heavy atom. The average Bonchev–Trinajstić information content (AvgIpc) is 2.77. The summed E-state index contributed by atoms with van der Waals surface area (Å²) in [6.07, 6.45) is 3.91. The fourth-order valence-electron chi connectivity index (χ4n) is 4.47. The van der Waals surface area contributed by atoms with Crippen molar-refractivity contribution in [2.45, 2.75) is 84.1 Å². The van der Waals surface area contributed by atoms with E-state index in [-0.39, 0.29) is 0 Å². The van der Waals surface area contributed by atoms with Crippen LogP contribution in [0.4, 0.5) is 0 Å². The molecular formula is C19H40N4. The minimum absolute atomic E-state index is 0.660. The van der Waals surface area contributed by atoms with Crippen LogP contribution in [0.1, 0.15) is 53.9 Å². The van der Waals surface area contributed by atoms with Gasteiger partial charge in [-0.3, -0.25) is 9.80 Å². The van der Waals surface area contributed by atoms with Gasteiger partial charge >= 0.3 is 0 Å². The van der Waals surface area contributed by atoms with Gasteiger partial charge in [-0.15, -0.1) is 0 Å². The second kappa shape index (κ2) is 8.80. The average molecular weight is 325 g/mol. The van der Waals surface area contributed by atoms with Gasteiger partial charge in [0.25, 0.3) is 0 Å². The Balaban J connectivity index is 1.89. The van der Waals surface area contributed by atoms with Gasteiger partial charge in [0.1, 0.15) is 0 Å². The number of likely N-dealkylation sites (N-methyl/N-ethyl adjacent to an activating group) is 1. The molecule has 4 heteroatoms. The van der Waals surface area contributed by atoms with Crippen LogP contribution >= 0.6 is 0 Å². The van der Waals surface area contributed by atoms with Gasteiger partial charge in [-0.25, -0.2) is 0 Å². The summed E-state index contributed by atoms with van der Waals surface area (Å²) in [4.78, 5) is 7.92. The van der Waals surface area contributed by atoms with Crippen molar-refractivity contribution in [1.82, 2.24) is 20.0 Å². The fraction of sp³-hybridized carbons (Fsp3) is 1.00. The van der Waals surface area contributed by atoms with E-state index in [2.05, 4.69) is 61.7 Å². The van der Waals surface area contributed by atoms with Gasteiger partial charge in [0.05, 0.1) is 0 Å². The largest absolute Gasteiger partial charge is 0.313 e. The molecule has 2 saturated heterocycles. The molecule has 136 valence electrons. The highest BCUT2D eigenvalue weighted by atomic mass is 15.3. The zero-order chi connectivity index (χ0) is 17.0. The molecule has 0 aromatic heterocycles. The number of rotatable bonds is 4. The van der Waals surface area contributed by atoms with Crippen LogP contribution in [0.15, 0.2) is 0 Å². The van der Waals surface area contributed by atoms with Crippen LogP contribution in [-0.4, -0.2) is 84.7 Å². The van der Waals surface area contributed by atoms with E-state index < -0.39 is 0 Å². The van der Waals surface area contributed by atoms with Crippen LogP contribution in [0.5, 0.6) is 0 Å². The van der Waals surface area contributed by atoms with Crippen LogP contribution in [0.2, 0.25) is 0 Å². The molecule has 0 radical (unpaired) electrons. The summed E-state index contributed by atoms with van der Waals surface area (Å²) in [7, 11) is 2.34. The van der Waals surface area contributed by atoms with Gasteiger partial charge in [-0.05, 0) is 67.5 Å². The van der Waals surface area contributed by atoms with Crippen molar-refractivity contribution in [2.24, 2.45) is 0 Å². The molecule has 2 rings (SSSR count). The molecule has 3 atom stereocenters. The summed E-state index contributed by atoms with van der Waals surface area (Å²) in [5.74, 6) is 0. The summed E-state index contributed by atoms with van der Waals surface area (Å²) in [5.41, 5.74) is 0. The molecule has 2 heterocycles. The first-order chi connectivity index (χ1) is 10.9. The van der Waals surface area contributed by atoms with Crippen molar-refractivity contribution in [1.29, 1.82) is 0 Å². The van der Waals surface area contributed by atoms with Crippen LogP contribution in [0.3, 0.4) is 0 Å². The topological polar surface area (TPSA) is 21.8 Å². The van der Waals surface area contributed by atoms with Crippen LogP contribution in [0, 0.1) is 0 Å². The number of nitrogens with zero attached hydrogens (tertiary/aromatic N) is 3. The van der Waals surface area contributed by atoms with Crippen molar-refractivity contribution < 1.29 is 0 Å². The van der Waals surface area contributed by atoms with Crippen molar-refractivity contribution in [3.05, 3.63) is 0 Å². The smallest absolute Gasteiger partial charge is 0.0197 e. The van der Waals surface area contributed by atoms with Crippen molar-refractivity contribution in [3.8, 4) is 0 Å². The van der Waals surface area contributed by atoms with E-state index in [1.165, 1.54) is 45.4 Å². The van der Waals surface area contributed by atoms with Crippen molar-refractivity contribution in [3.63, 3.8) is 0 Å². The predicted octanol–water partition coefficient (Wildman–Crippen LogP) is 2.25. The Bertz CT molecular complexity index is 344. The third kappa shape index (κ3) is 5.42. The maximum absolute atomic E-state index is 3.82. The van der Waals surface area contributed by atoms with Gasteiger partial charge in [-0.1, -0.05) is 0 Å². The van der Waals surface area contributed by atoms with E-state index >= 15 is 0 Å². The standard InChI is InChI=1S/C19H40N4/c1-15(2)22-10-7-18(20-9-12-22)13-19-8-11-23(16(3)4)17(5)14-21(19)6/h15-20H,7-14H2,1-6H3/t17-,18+,19?/m0/s1. The molecule has 0 aliphatic carbocycles. The van der Waals surface area contributed by atoms with Crippen molar-refractivity contribution >= 4 is 0 Å². The van der Waals surface area contributed by atoms with E-state index in [4.69, 9.17) is 0 Å². The van der Waals surface area contributed by atoms with Crippen LogP contribution in [-0.2, 0) is 0 Å². The molecule has 23 heavy (non-hydrogen) atoms. The highest BCUT2D eigenvalue weighted by molar-refractivity contribution is 4.87. The quantitative estimate of drug-likeness (QED) is 0.856.